The van der Waals surface area contributed by atoms with Crippen LogP contribution < -0.4 is 5.73 Å². The summed E-state index contributed by atoms with van der Waals surface area (Å²) in [5, 5.41) is 0. The number of furan rings is 1. The van der Waals surface area contributed by atoms with Crippen molar-refractivity contribution in [3.63, 3.8) is 0 Å². The van der Waals surface area contributed by atoms with Crippen LogP contribution in [0.1, 0.15) is 39.4 Å². The van der Waals surface area contributed by atoms with Gasteiger partial charge in [0.1, 0.15) is 5.76 Å². The van der Waals surface area contributed by atoms with E-state index in [0.717, 1.165) is 31.7 Å². The summed E-state index contributed by atoms with van der Waals surface area (Å²) >= 11 is 0. The molecular formula is C14H26N2O. The maximum absolute atomic E-state index is 6.13. The van der Waals surface area contributed by atoms with E-state index in [2.05, 4.69) is 32.7 Å². The third-order valence-corrected chi connectivity index (χ3v) is 2.76. The molecule has 0 fully saturated rings. The van der Waals surface area contributed by atoms with Crippen molar-refractivity contribution < 1.29 is 4.42 Å². The van der Waals surface area contributed by atoms with Crippen molar-refractivity contribution in [1.82, 2.24) is 4.90 Å². The molecule has 0 bridgehead atoms. The van der Waals surface area contributed by atoms with Gasteiger partial charge in [0, 0.05) is 6.04 Å². The number of nitrogens with two attached hydrogens (primary N) is 1. The normalized spacial score (nSPS) is 14.2. The second kappa shape index (κ2) is 6.22. The Morgan fingerprint density at radius 1 is 1.41 bits per heavy atom. The first-order valence-corrected chi connectivity index (χ1v) is 6.33. The van der Waals surface area contributed by atoms with Crippen molar-refractivity contribution in [2.24, 2.45) is 11.1 Å². The molecule has 0 saturated carbocycles. The zero-order valence-corrected chi connectivity index (χ0v) is 11.6. The lowest BCUT2D eigenvalue weighted by atomic mass is 9.87. The summed E-state index contributed by atoms with van der Waals surface area (Å²) in [6.07, 6.45) is 3.82. The summed E-state index contributed by atoms with van der Waals surface area (Å²) in [7, 11) is 2.10. The minimum Gasteiger partial charge on any atom is -0.468 e. The molecule has 0 aliphatic heterocycles. The summed E-state index contributed by atoms with van der Waals surface area (Å²) in [5.41, 5.74) is 6.45. The third-order valence-electron chi connectivity index (χ3n) is 2.76. The molecule has 3 heteroatoms. The van der Waals surface area contributed by atoms with E-state index in [1.54, 1.807) is 6.26 Å². The zero-order chi connectivity index (χ0) is 12.9. The van der Waals surface area contributed by atoms with Crippen molar-refractivity contribution in [1.29, 1.82) is 0 Å². The molecule has 1 heterocycles. The lowest BCUT2D eigenvalue weighted by Crippen LogP contribution is -2.31. The predicted molar refractivity (Wildman–Crippen MR) is 71.7 cm³/mol. The Morgan fingerprint density at radius 2 is 2.12 bits per heavy atom. The molecule has 1 aromatic rings. The molecular weight excluding hydrogens is 212 g/mol. The van der Waals surface area contributed by atoms with Gasteiger partial charge in [0.25, 0.3) is 0 Å². The lowest BCUT2D eigenvalue weighted by molar-refractivity contribution is 0.262. The van der Waals surface area contributed by atoms with Gasteiger partial charge in [-0.15, -0.1) is 0 Å². The highest BCUT2D eigenvalue weighted by Crippen LogP contribution is 2.21. The van der Waals surface area contributed by atoms with Gasteiger partial charge in [-0.1, -0.05) is 20.8 Å². The maximum atomic E-state index is 6.13. The molecule has 0 saturated heterocycles. The molecule has 0 amide bonds. The first-order valence-electron chi connectivity index (χ1n) is 6.33. The second-order valence-corrected chi connectivity index (χ2v) is 6.13. The van der Waals surface area contributed by atoms with E-state index in [4.69, 9.17) is 10.2 Å². The van der Waals surface area contributed by atoms with E-state index in [-0.39, 0.29) is 6.04 Å². The van der Waals surface area contributed by atoms with Crippen LogP contribution in [-0.2, 0) is 6.54 Å². The zero-order valence-electron chi connectivity index (χ0n) is 11.6. The highest BCUT2D eigenvalue weighted by atomic mass is 16.3. The number of nitrogens with zero attached hydrogens (tertiary/aromatic N) is 1. The van der Waals surface area contributed by atoms with Crippen molar-refractivity contribution >= 4 is 0 Å². The highest BCUT2D eigenvalue weighted by molar-refractivity contribution is 4.97. The van der Waals surface area contributed by atoms with Gasteiger partial charge < -0.3 is 10.2 Å². The fourth-order valence-electron chi connectivity index (χ4n) is 2.02. The molecule has 0 aliphatic carbocycles. The van der Waals surface area contributed by atoms with Gasteiger partial charge >= 0.3 is 0 Å². The van der Waals surface area contributed by atoms with E-state index < -0.39 is 0 Å². The minimum absolute atomic E-state index is 0.286. The molecule has 0 radical (unpaired) electrons. The van der Waals surface area contributed by atoms with Crippen LogP contribution in [0.15, 0.2) is 22.8 Å². The van der Waals surface area contributed by atoms with Gasteiger partial charge in [0.05, 0.1) is 12.8 Å². The summed E-state index contributed by atoms with van der Waals surface area (Å²) < 4.78 is 5.32. The molecule has 1 unspecified atom stereocenters. The second-order valence-electron chi connectivity index (χ2n) is 6.13. The lowest BCUT2D eigenvalue weighted by Gasteiger charge is -2.24. The van der Waals surface area contributed by atoms with E-state index in [9.17, 15) is 0 Å². The molecule has 98 valence electrons. The Balaban J connectivity index is 2.21. The first-order chi connectivity index (χ1) is 7.87. The summed E-state index contributed by atoms with van der Waals surface area (Å²) in [6, 6.07) is 4.22. The van der Waals surface area contributed by atoms with Gasteiger partial charge in [-0.2, -0.15) is 0 Å². The SMILES string of the molecule is CN(CCC(N)CC(C)(C)C)Cc1ccco1. The number of hydrogen-bond acceptors (Lipinski definition) is 3. The van der Waals surface area contributed by atoms with Crippen LogP contribution in [0.3, 0.4) is 0 Å². The van der Waals surface area contributed by atoms with Gasteiger partial charge in [-0.05, 0) is 44.0 Å². The Kier molecular flexibility index (Phi) is 5.22. The topological polar surface area (TPSA) is 42.4 Å². The van der Waals surface area contributed by atoms with E-state index in [1.165, 1.54) is 0 Å². The molecule has 1 aromatic heterocycles. The standard InChI is InChI=1S/C14H26N2O/c1-14(2,3)10-12(15)7-8-16(4)11-13-6-5-9-17-13/h5-6,9,12H,7-8,10-11,15H2,1-4H3. The Labute approximate surface area is 105 Å². The predicted octanol–water partition coefficient (Wildman–Crippen LogP) is 2.87. The molecule has 17 heavy (non-hydrogen) atoms. The number of rotatable bonds is 6. The van der Waals surface area contributed by atoms with E-state index >= 15 is 0 Å². The van der Waals surface area contributed by atoms with Crippen LogP contribution >= 0.6 is 0 Å². The summed E-state index contributed by atoms with van der Waals surface area (Å²) in [6.45, 7) is 8.57. The first kappa shape index (κ1) is 14.3. The summed E-state index contributed by atoms with van der Waals surface area (Å²) in [4.78, 5) is 2.25. The fraction of sp³-hybridized carbons (Fsp3) is 0.714. The fourth-order valence-corrected chi connectivity index (χ4v) is 2.02. The average Bonchev–Trinajstić information content (AvgIpc) is 2.64. The molecule has 1 rings (SSSR count). The van der Waals surface area contributed by atoms with Gasteiger partial charge in [0.2, 0.25) is 0 Å². The third kappa shape index (κ3) is 6.49. The molecule has 1 atom stereocenters. The monoisotopic (exact) mass is 238 g/mol. The summed E-state index contributed by atoms with van der Waals surface area (Å²) in [5.74, 6) is 1.01. The van der Waals surface area contributed by atoms with Crippen LogP contribution in [0.4, 0.5) is 0 Å². The molecule has 3 nitrogen and oxygen atoms in total. The van der Waals surface area contributed by atoms with Gasteiger partial charge in [0.15, 0.2) is 0 Å². The van der Waals surface area contributed by atoms with Crippen LogP contribution in [0, 0.1) is 5.41 Å². The highest BCUT2D eigenvalue weighted by Gasteiger charge is 2.16. The molecule has 0 aliphatic rings. The average molecular weight is 238 g/mol. The van der Waals surface area contributed by atoms with E-state index in [0.29, 0.717) is 5.41 Å². The Morgan fingerprint density at radius 3 is 2.65 bits per heavy atom. The molecule has 0 aromatic carbocycles. The van der Waals surface area contributed by atoms with Crippen molar-refractivity contribution in [3.05, 3.63) is 24.2 Å². The molecule has 0 spiro atoms. The Hall–Kier alpha value is -0.800. The minimum atomic E-state index is 0.286. The van der Waals surface area contributed by atoms with E-state index in [1.807, 2.05) is 12.1 Å². The van der Waals surface area contributed by atoms with Crippen LogP contribution in [0.2, 0.25) is 0 Å². The quantitative estimate of drug-likeness (QED) is 0.828. The number of hydrogen-bond donors (Lipinski definition) is 1. The van der Waals surface area contributed by atoms with Crippen LogP contribution in [0.25, 0.3) is 0 Å². The van der Waals surface area contributed by atoms with Crippen LogP contribution in [0.5, 0.6) is 0 Å². The maximum Gasteiger partial charge on any atom is 0.117 e. The van der Waals surface area contributed by atoms with Crippen molar-refractivity contribution in [2.45, 2.75) is 46.2 Å². The largest absolute Gasteiger partial charge is 0.468 e. The smallest absolute Gasteiger partial charge is 0.117 e. The van der Waals surface area contributed by atoms with Gasteiger partial charge in [-0.3, -0.25) is 4.90 Å². The van der Waals surface area contributed by atoms with Crippen LogP contribution in [-0.4, -0.2) is 24.5 Å². The van der Waals surface area contributed by atoms with Crippen molar-refractivity contribution in [2.75, 3.05) is 13.6 Å². The molecule has 2 N–H and O–H groups in total. The Bertz CT molecular complexity index is 301. The van der Waals surface area contributed by atoms with Crippen molar-refractivity contribution in [3.8, 4) is 0 Å². The van der Waals surface area contributed by atoms with Gasteiger partial charge in [-0.25, -0.2) is 0 Å².